The lowest BCUT2D eigenvalue weighted by molar-refractivity contribution is -0.122. The minimum atomic E-state index is -0.104. The quantitative estimate of drug-likeness (QED) is 0.415. The van der Waals surface area contributed by atoms with Gasteiger partial charge in [-0.2, -0.15) is 0 Å². The van der Waals surface area contributed by atoms with E-state index < -0.39 is 0 Å². The average molecular weight is 155 g/mol. The lowest BCUT2D eigenvalue weighted by Gasteiger charge is -2.19. The Morgan fingerprint density at radius 1 is 1.82 bits per heavy atom. The number of hydrogen-bond donors (Lipinski definition) is 2. The highest BCUT2D eigenvalue weighted by atomic mass is 16.4. The van der Waals surface area contributed by atoms with E-state index in [0.29, 0.717) is 0 Å². The molecule has 1 saturated heterocycles. The van der Waals surface area contributed by atoms with Gasteiger partial charge in [0.25, 0.3) is 0 Å². The van der Waals surface area contributed by atoms with Crippen LogP contribution in [0, 0.1) is 0 Å². The van der Waals surface area contributed by atoms with Crippen LogP contribution < -0.4 is 11.1 Å². The van der Waals surface area contributed by atoms with Crippen molar-refractivity contribution in [3.8, 4) is 0 Å². The van der Waals surface area contributed by atoms with Crippen LogP contribution in [-0.2, 0) is 9.45 Å². The summed E-state index contributed by atoms with van der Waals surface area (Å²) in [6, 6.07) is 0. The molecule has 1 aliphatic heterocycles. The molecule has 0 unspecified atom stereocenters. The van der Waals surface area contributed by atoms with Crippen molar-refractivity contribution < 1.29 is 9.45 Å². The third-order valence-electron chi connectivity index (χ3n) is 1.68. The molecule has 0 saturated carbocycles. The molecule has 1 amide bonds. The molecule has 4 nitrogen and oxygen atoms in total. The molecule has 11 heavy (non-hydrogen) atoms. The van der Waals surface area contributed by atoms with Crippen LogP contribution in [0.5, 0.6) is 0 Å². The first-order chi connectivity index (χ1) is 5.34. The number of hydrogen-bond acceptors (Lipinski definition) is 3. The first-order valence-corrected chi connectivity index (χ1v) is 3.77. The van der Waals surface area contributed by atoms with Crippen LogP contribution in [0.3, 0.4) is 0 Å². The van der Waals surface area contributed by atoms with Crippen LogP contribution >= 0.6 is 0 Å². The number of piperidine rings is 1. The summed E-state index contributed by atoms with van der Waals surface area (Å²) in [5.41, 5.74) is 5.11. The summed E-state index contributed by atoms with van der Waals surface area (Å²) in [4.78, 5) is 11.0. The van der Waals surface area contributed by atoms with Gasteiger partial charge in [-0.15, -0.1) is 0 Å². The molecule has 1 heterocycles. The van der Waals surface area contributed by atoms with Gasteiger partial charge in [-0.1, -0.05) is 0 Å². The van der Waals surface area contributed by atoms with E-state index in [1.807, 2.05) is 0 Å². The fourth-order valence-electron chi connectivity index (χ4n) is 1.10. The van der Waals surface area contributed by atoms with Crippen molar-refractivity contribution in [1.29, 1.82) is 0 Å². The minimum absolute atomic E-state index is 0.0460. The van der Waals surface area contributed by atoms with Crippen molar-refractivity contribution >= 4 is 13.4 Å². The Labute approximate surface area is 66.7 Å². The predicted octanol–water partition coefficient (Wildman–Crippen LogP) is -0.763. The second kappa shape index (κ2) is 4.36. The van der Waals surface area contributed by atoms with E-state index in [-0.39, 0.29) is 18.5 Å². The normalized spacial score (nSPS) is 24.5. The Morgan fingerprint density at radius 2 is 2.64 bits per heavy atom. The van der Waals surface area contributed by atoms with E-state index in [1.54, 1.807) is 0 Å². The predicted molar refractivity (Wildman–Crippen MR) is 41.9 cm³/mol. The Hall–Kier alpha value is -0.545. The van der Waals surface area contributed by atoms with Gasteiger partial charge in [-0.25, -0.2) is 0 Å². The Kier molecular flexibility index (Phi) is 3.39. The maximum atomic E-state index is 11.0. The van der Waals surface area contributed by atoms with E-state index in [0.717, 1.165) is 19.4 Å². The van der Waals surface area contributed by atoms with Crippen LogP contribution in [-0.4, -0.2) is 26.7 Å². The molecule has 0 aromatic carbocycles. The molecule has 0 aliphatic carbocycles. The van der Waals surface area contributed by atoms with Gasteiger partial charge in [0.05, 0.1) is 6.73 Å². The van der Waals surface area contributed by atoms with Crippen molar-refractivity contribution in [2.75, 3.05) is 13.3 Å². The summed E-state index contributed by atoms with van der Waals surface area (Å²) >= 11 is 0. The maximum Gasteiger partial charge on any atom is 0.307 e. The molecule has 1 radical (unpaired) electrons. The van der Waals surface area contributed by atoms with Gasteiger partial charge in [0.2, 0.25) is 5.91 Å². The molecule has 0 aromatic heterocycles. The van der Waals surface area contributed by atoms with Crippen molar-refractivity contribution in [3.63, 3.8) is 0 Å². The number of rotatable bonds is 3. The molecule has 61 valence electrons. The third-order valence-corrected chi connectivity index (χ3v) is 1.68. The minimum Gasteiger partial charge on any atom is -0.428 e. The number of carbonyl (C=O) groups excluding carboxylic acids is 1. The molecular weight excluding hydrogens is 143 g/mol. The molecule has 0 aromatic rings. The first kappa shape index (κ1) is 8.55. The highest BCUT2D eigenvalue weighted by Gasteiger charge is 2.23. The molecular formula is C6H12BN2O2. The smallest absolute Gasteiger partial charge is 0.307 e. The van der Waals surface area contributed by atoms with E-state index in [2.05, 4.69) is 5.32 Å². The van der Waals surface area contributed by atoms with Crippen molar-refractivity contribution in [2.24, 2.45) is 5.73 Å². The van der Waals surface area contributed by atoms with Crippen LogP contribution in [0.15, 0.2) is 0 Å². The summed E-state index contributed by atoms with van der Waals surface area (Å²) in [5.74, 6) is -0.0583. The Morgan fingerprint density at radius 3 is 3.27 bits per heavy atom. The highest BCUT2D eigenvalue weighted by Crippen LogP contribution is 2.15. The van der Waals surface area contributed by atoms with Crippen LogP contribution in [0.1, 0.15) is 12.8 Å². The Balaban J connectivity index is 2.24. The molecule has 5 heteroatoms. The van der Waals surface area contributed by atoms with Gasteiger partial charge in [0, 0.05) is 12.4 Å². The number of carbonyl (C=O) groups is 1. The zero-order chi connectivity index (χ0) is 8.10. The maximum absolute atomic E-state index is 11.0. The summed E-state index contributed by atoms with van der Waals surface area (Å²) in [6.45, 7) is 0.926. The number of nitrogens with two attached hydrogens (primary N) is 1. The van der Waals surface area contributed by atoms with E-state index in [1.165, 1.54) is 7.48 Å². The standard InChI is InChI=1S/C6H12BN2O2/c8-4-11-7-5-2-1-3-9-6(5)10/h5H,1-4,8H2,(H,9,10)/t5-/m0/s1. The second-order valence-electron chi connectivity index (χ2n) is 2.51. The highest BCUT2D eigenvalue weighted by molar-refractivity contribution is 6.37. The Bertz CT molecular complexity index is 143. The molecule has 1 atom stereocenters. The fourth-order valence-corrected chi connectivity index (χ4v) is 1.10. The zero-order valence-corrected chi connectivity index (χ0v) is 6.38. The van der Waals surface area contributed by atoms with E-state index in [9.17, 15) is 4.79 Å². The summed E-state index contributed by atoms with van der Waals surface area (Å²) in [5, 5.41) is 2.75. The molecule has 3 N–H and O–H groups in total. The lowest BCUT2D eigenvalue weighted by atomic mass is 9.74. The van der Waals surface area contributed by atoms with Crippen LogP contribution in [0.2, 0.25) is 5.82 Å². The SMILES string of the molecule is NCO[B][C@H]1CCCNC1=O. The number of nitrogens with one attached hydrogen (secondary N) is 1. The topological polar surface area (TPSA) is 64.3 Å². The molecule has 0 bridgehead atoms. The van der Waals surface area contributed by atoms with Crippen molar-refractivity contribution in [2.45, 2.75) is 18.7 Å². The van der Waals surface area contributed by atoms with Gasteiger partial charge < -0.3 is 15.7 Å². The second-order valence-corrected chi connectivity index (χ2v) is 2.51. The number of amides is 1. The van der Waals surface area contributed by atoms with Crippen LogP contribution in [0.25, 0.3) is 0 Å². The van der Waals surface area contributed by atoms with Gasteiger partial charge in [0.15, 0.2) is 0 Å². The third kappa shape index (κ3) is 2.51. The van der Waals surface area contributed by atoms with Gasteiger partial charge in [-0.05, 0) is 12.8 Å². The molecule has 1 fully saturated rings. The summed E-state index contributed by atoms with van der Waals surface area (Å²) in [7, 11) is 1.52. The van der Waals surface area contributed by atoms with Crippen molar-refractivity contribution in [3.05, 3.63) is 0 Å². The van der Waals surface area contributed by atoms with Gasteiger partial charge in [0.1, 0.15) is 0 Å². The molecule has 1 rings (SSSR count). The van der Waals surface area contributed by atoms with Gasteiger partial charge >= 0.3 is 7.48 Å². The molecule has 1 aliphatic rings. The van der Waals surface area contributed by atoms with Gasteiger partial charge in [-0.3, -0.25) is 4.79 Å². The average Bonchev–Trinajstić information content (AvgIpc) is 2.03. The largest absolute Gasteiger partial charge is 0.428 e. The van der Waals surface area contributed by atoms with Crippen LogP contribution in [0.4, 0.5) is 0 Å². The summed E-state index contributed by atoms with van der Waals surface area (Å²) < 4.78 is 4.84. The fraction of sp³-hybridized carbons (Fsp3) is 0.833. The lowest BCUT2D eigenvalue weighted by Crippen LogP contribution is -2.36. The molecule has 0 spiro atoms. The monoisotopic (exact) mass is 155 g/mol. The van der Waals surface area contributed by atoms with E-state index >= 15 is 0 Å². The zero-order valence-electron chi connectivity index (χ0n) is 6.38. The van der Waals surface area contributed by atoms with Crippen molar-refractivity contribution in [1.82, 2.24) is 5.32 Å². The summed E-state index contributed by atoms with van der Waals surface area (Å²) in [6.07, 6.45) is 1.88. The first-order valence-electron chi connectivity index (χ1n) is 3.77. The van der Waals surface area contributed by atoms with E-state index in [4.69, 9.17) is 10.4 Å².